The Balaban J connectivity index is 1.63. The van der Waals surface area contributed by atoms with Crippen molar-refractivity contribution in [3.05, 3.63) is 83.9 Å². The predicted molar refractivity (Wildman–Crippen MR) is 121 cm³/mol. The summed E-state index contributed by atoms with van der Waals surface area (Å²) in [7, 11) is 3.24. The minimum Gasteiger partial charge on any atom is -0.496 e. The lowest BCUT2D eigenvalue weighted by Crippen LogP contribution is -2.25. The minimum atomic E-state index is -0.340. The molecule has 0 fully saturated rings. The van der Waals surface area contributed by atoms with Crippen molar-refractivity contribution in [1.82, 2.24) is 5.43 Å². The average Bonchev–Trinajstić information content (AvgIpc) is 2.82. The third-order valence-electron chi connectivity index (χ3n) is 4.68. The van der Waals surface area contributed by atoms with Crippen molar-refractivity contribution in [1.29, 1.82) is 0 Å². The normalized spacial score (nSPS) is 11.1. The summed E-state index contributed by atoms with van der Waals surface area (Å²) >= 11 is 0. The number of hydrogen-bond acceptors (Lipinski definition) is 5. The van der Waals surface area contributed by atoms with Crippen LogP contribution in [0.5, 0.6) is 11.5 Å². The van der Waals surface area contributed by atoms with Gasteiger partial charge in [0.15, 0.2) is 6.61 Å². The van der Waals surface area contributed by atoms with E-state index in [4.69, 9.17) is 14.2 Å². The van der Waals surface area contributed by atoms with Gasteiger partial charge in [-0.15, -0.1) is 0 Å². The molecule has 0 radical (unpaired) electrons. The molecule has 31 heavy (non-hydrogen) atoms. The van der Waals surface area contributed by atoms with Crippen LogP contribution >= 0.6 is 0 Å². The van der Waals surface area contributed by atoms with Crippen molar-refractivity contribution in [2.45, 2.75) is 13.5 Å². The fourth-order valence-electron chi connectivity index (χ4n) is 3.11. The van der Waals surface area contributed by atoms with Crippen molar-refractivity contribution in [2.24, 2.45) is 5.10 Å². The number of nitrogens with zero attached hydrogens (tertiary/aromatic N) is 1. The van der Waals surface area contributed by atoms with Crippen LogP contribution in [0.3, 0.4) is 0 Å². The van der Waals surface area contributed by atoms with E-state index >= 15 is 0 Å². The van der Waals surface area contributed by atoms with E-state index in [1.54, 1.807) is 14.2 Å². The first-order chi connectivity index (χ1) is 15.1. The Hall–Kier alpha value is -3.64. The Morgan fingerprint density at radius 2 is 1.68 bits per heavy atom. The molecule has 0 atom stereocenters. The monoisotopic (exact) mass is 418 g/mol. The van der Waals surface area contributed by atoms with E-state index in [2.05, 4.69) is 10.5 Å². The van der Waals surface area contributed by atoms with Gasteiger partial charge < -0.3 is 14.2 Å². The summed E-state index contributed by atoms with van der Waals surface area (Å²) in [5, 5.41) is 4.20. The number of methoxy groups -OCH3 is 2. The Labute approximate surface area is 182 Å². The van der Waals surface area contributed by atoms with Crippen LogP contribution in [-0.4, -0.2) is 32.4 Å². The highest BCUT2D eigenvalue weighted by Crippen LogP contribution is 2.29. The van der Waals surface area contributed by atoms with Crippen LogP contribution < -0.4 is 14.9 Å². The average molecular weight is 418 g/mol. The van der Waals surface area contributed by atoms with Crippen LogP contribution in [0.2, 0.25) is 0 Å². The summed E-state index contributed by atoms with van der Waals surface area (Å²) in [5.41, 5.74) is 6.94. The van der Waals surface area contributed by atoms with Gasteiger partial charge in [-0.05, 0) is 42.3 Å². The Morgan fingerprint density at radius 3 is 2.42 bits per heavy atom. The summed E-state index contributed by atoms with van der Waals surface area (Å²) in [4.78, 5) is 12.3. The lowest BCUT2D eigenvalue weighted by Gasteiger charge is -2.12. The van der Waals surface area contributed by atoms with Gasteiger partial charge in [0.05, 0.1) is 19.4 Å². The quantitative estimate of drug-likeness (QED) is 0.412. The van der Waals surface area contributed by atoms with E-state index < -0.39 is 0 Å². The van der Waals surface area contributed by atoms with Gasteiger partial charge in [-0.3, -0.25) is 4.79 Å². The smallest absolute Gasteiger partial charge is 0.277 e. The molecule has 3 aromatic carbocycles. The standard InChI is InChI=1S/C25H26N2O4/c1-18(20-13-14-23(30-3)21(15-20)16-29-2)26-27-25(28)17-31-24-12-8-7-11-22(24)19-9-5-4-6-10-19/h4-15H,16-17H2,1-3H3,(H,27,28)/b26-18-. The van der Waals surface area contributed by atoms with Crippen LogP contribution in [-0.2, 0) is 16.1 Å². The third-order valence-corrected chi connectivity index (χ3v) is 4.68. The number of hydrogen-bond donors (Lipinski definition) is 1. The van der Waals surface area contributed by atoms with E-state index in [1.165, 1.54) is 0 Å². The molecule has 3 rings (SSSR count). The van der Waals surface area contributed by atoms with E-state index in [0.717, 1.165) is 28.0 Å². The van der Waals surface area contributed by atoms with Gasteiger partial charge in [-0.2, -0.15) is 5.10 Å². The number of carbonyl (C=O) groups excluding carboxylic acids is 1. The molecular weight excluding hydrogens is 392 g/mol. The molecule has 0 aliphatic heterocycles. The Bertz CT molecular complexity index is 1050. The molecule has 6 nitrogen and oxygen atoms in total. The molecule has 0 aromatic heterocycles. The minimum absolute atomic E-state index is 0.141. The van der Waals surface area contributed by atoms with Crippen LogP contribution in [0.15, 0.2) is 77.9 Å². The molecule has 0 aliphatic rings. The van der Waals surface area contributed by atoms with Crippen molar-refractivity contribution >= 4 is 11.6 Å². The molecule has 0 bridgehead atoms. The molecule has 0 spiro atoms. The molecule has 0 unspecified atom stereocenters. The summed E-state index contributed by atoms with van der Waals surface area (Å²) in [6.07, 6.45) is 0. The summed E-state index contributed by atoms with van der Waals surface area (Å²) in [6, 6.07) is 23.2. The maximum Gasteiger partial charge on any atom is 0.277 e. The van der Waals surface area contributed by atoms with Crippen LogP contribution in [0.4, 0.5) is 0 Å². The van der Waals surface area contributed by atoms with E-state index in [1.807, 2.05) is 79.7 Å². The topological polar surface area (TPSA) is 69.2 Å². The summed E-state index contributed by atoms with van der Waals surface area (Å²) in [6.45, 7) is 2.10. The number of nitrogens with one attached hydrogen (secondary N) is 1. The number of para-hydroxylation sites is 1. The van der Waals surface area contributed by atoms with Gasteiger partial charge in [0.25, 0.3) is 5.91 Å². The number of rotatable bonds is 9. The van der Waals surface area contributed by atoms with Gasteiger partial charge >= 0.3 is 0 Å². The zero-order chi connectivity index (χ0) is 22.1. The van der Waals surface area contributed by atoms with Gasteiger partial charge in [0.2, 0.25) is 0 Å². The van der Waals surface area contributed by atoms with E-state index in [9.17, 15) is 4.79 Å². The van der Waals surface area contributed by atoms with Crippen LogP contribution in [0.25, 0.3) is 11.1 Å². The highest BCUT2D eigenvalue weighted by molar-refractivity contribution is 5.99. The summed E-state index contributed by atoms with van der Waals surface area (Å²) < 4.78 is 16.3. The third kappa shape index (κ3) is 5.93. The first kappa shape index (κ1) is 22.1. The first-order valence-electron chi connectivity index (χ1n) is 9.89. The molecule has 3 aromatic rings. The van der Waals surface area contributed by atoms with Gasteiger partial charge in [0.1, 0.15) is 11.5 Å². The first-order valence-corrected chi connectivity index (χ1v) is 9.89. The molecule has 1 N–H and O–H groups in total. The fourth-order valence-corrected chi connectivity index (χ4v) is 3.11. The zero-order valence-corrected chi connectivity index (χ0v) is 17.9. The lowest BCUT2D eigenvalue weighted by atomic mass is 10.1. The van der Waals surface area contributed by atoms with E-state index in [-0.39, 0.29) is 12.5 Å². The molecule has 0 saturated heterocycles. The number of amides is 1. The SMILES string of the molecule is COCc1cc(/C(C)=N\NC(=O)COc2ccccc2-c2ccccc2)ccc1OC. The van der Waals surface area contributed by atoms with Crippen molar-refractivity contribution in [3.63, 3.8) is 0 Å². The van der Waals surface area contributed by atoms with Crippen LogP contribution in [0.1, 0.15) is 18.1 Å². The largest absolute Gasteiger partial charge is 0.496 e. The highest BCUT2D eigenvalue weighted by atomic mass is 16.5. The molecule has 0 saturated carbocycles. The Kier molecular flexibility index (Phi) is 7.79. The Morgan fingerprint density at radius 1 is 0.935 bits per heavy atom. The maximum absolute atomic E-state index is 12.3. The maximum atomic E-state index is 12.3. The molecule has 6 heteroatoms. The number of benzene rings is 3. The van der Waals surface area contributed by atoms with E-state index in [0.29, 0.717) is 18.1 Å². The second-order valence-corrected chi connectivity index (χ2v) is 6.84. The van der Waals surface area contributed by atoms with Crippen molar-refractivity contribution in [2.75, 3.05) is 20.8 Å². The summed E-state index contributed by atoms with van der Waals surface area (Å²) in [5.74, 6) is 1.05. The van der Waals surface area contributed by atoms with Crippen molar-refractivity contribution < 1.29 is 19.0 Å². The fraction of sp³-hybridized carbons (Fsp3) is 0.200. The molecule has 0 heterocycles. The molecular formula is C25H26N2O4. The number of ether oxygens (including phenoxy) is 3. The number of carbonyl (C=O) groups is 1. The predicted octanol–water partition coefficient (Wildman–Crippen LogP) is 4.43. The van der Waals surface area contributed by atoms with Crippen LogP contribution in [0, 0.1) is 0 Å². The second-order valence-electron chi connectivity index (χ2n) is 6.84. The molecule has 0 aliphatic carbocycles. The number of hydrazone groups is 1. The van der Waals surface area contributed by atoms with Gasteiger partial charge in [-0.25, -0.2) is 5.43 Å². The molecule has 160 valence electrons. The molecule has 1 amide bonds. The zero-order valence-electron chi connectivity index (χ0n) is 17.9. The second kappa shape index (κ2) is 10.9. The van der Waals surface area contributed by atoms with Gasteiger partial charge in [-0.1, -0.05) is 48.5 Å². The highest BCUT2D eigenvalue weighted by Gasteiger charge is 2.09. The van der Waals surface area contributed by atoms with Crippen molar-refractivity contribution in [3.8, 4) is 22.6 Å². The lowest BCUT2D eigenvalue weighted by molar-refractivity contribution is -0.123. The van der Waals surface area contributed by atoms with Gasteiger partial charge in [0, 0.05) is 18.2 Å².